The average Bonchev–Trinajstić information content (AvgIpc) is 2.43. The molecule has 0 bridgehead atoms. The molecule has 6 heteroatoms. The summed E-state index contributed by atoms with van der Waals surface area (Å²) in [6.07, 6.45) is 3.42. The Morgan fingerprint density at radius 2 is 2.05 bits per heavy atom. The van der Waals surface area contributed by atoms with Crippen molar-refractivity contribution in [3.8, 4) is 0 Å². The highest BCUT2D eigenvalue weighted by Crippen LogP contribution is 2.12. The zero-order valence-electron chi connectivity index (χ0n) is 11.5. The predicted molar refractivity (Wildman–Crippen MR) is 76.1 cm³/mol. The Hall–Kier alpha value is -2.21. The number of nitro benzene ring substituents is 1. The van der Waals surface area contributed by atoms with Crippen LogP contribution in [-0.4, -0.2) is 28.1 Å². The molecule has 0 aliphatic heterocycles. The van der Waals surface area contributed by atoms with Crippen molar-refractivity contribution in [3.63, 3.8) is 0 Å². The molecule has 0 saturated carbocycles. The molecule has 0 radical (unpaired) electrons. The van der Waals surface area contributed by atoms with Crippen molar-refractivity contribution in [3.05, 3.63) is 46.0 Å². The van der Waals surface area contributed by atoms with Crippen LogP contribution in [0, 0.1) is 10.1 Å². The zero-order valence-corrected chi connectivity index (χ0v) is 11.5. The smallest absolute Gasteiger partial charge is 0.269 e. The SMILES string of the molecule is CCC(C)(O)CNC(=O)C=Cc1ccc([N+](=O)[O-])cc1. The molecule has 0 aromatic heterocycles. The van der Waals surface area contributed by atoms with E-state index in [0.29, 0.717) is 12.0 Å². The second-order valence-corrected chi connectivity index (χ2v) is 4.75. The number of nitrogens with zero attached hydrogens (tertiary/aromatic N) is 1. The highest BCUT2D eigenvalue weighted by atomic mass is 16.6. The Morgan fingerprint density at radius 3 is 2.55 bits per heavy atom. The zero-order chi connectivity index (χ0) is 15.2. The molecule has 1 atom stereocenters. The standard InChI is InChI=1S/C14H18N2O4/c1-3-14(2,18)10-15-13(17)9-6-11-4-7-12(8-5-11)16(19)20/h4-9,18H,3,10H2,1-2H3,(H,15,17). The summed E-state index contributed by atoms with van der Waals surface area (Å²) in [5.74, 6) is -0.322. The third-order valence-corrected chi connectivity index (χ3v) is 2.94. The Bertz CT molecular complexity index is 506. The van der Waals surface area contributed by atoms with E-state index in [1.807, 2.05) is 6.92 Å². The molecule has 0 heterocycles. The van der Waals surface area contributed by atoms with E-state index in [1.165, 1.54) is 18.2 Å². The maximum atomic E-state index is 11.5. The fourth-order valence-corrected chi connectivity index (χ4v) is 1.34. The Morgan fingerprint density at radius 1 is 1.45 bits per heavy atom. The molecule has 1 aromatic carbocycles. The summed E-state index contributed by atoms with van der Waals surface area (Å²) in [7, 11) is 0. The van der Waals surface area contributed by atoms with Gasteiger partial charge in [-0.15, -0.1) is 0 Å². The number of carbonyl (C=O) groups excluding carboxylic acids is 1. The van der Waals surface area contributed by atoms with Crippen molar-refractivity contribution in [2.45, 2.75) is 25.9 Å². The van der Waals surface area contributed by atoms with Crippen LogP contribution in [0.4, 0.5) is 5.69 Å². The predicted octanol–water partition coefficient (Wildman–Crippen LogP) is 1.89. The first kappa shape index (κ1) is 15.8. The van der Waals surface area contributed by atoms with Gasteiger partial charge in [-0.1, -0.05) is 6.92 Å². The Labute approximate surface area is 117 Å². The summed E-state index contributed by atoms with van der Waals surface area (Å²) in [5, 5.41) is 22.8. The largest absolute Gasteiger partial charge is 0.388 e. The number of rotatable bonds is 6. The minimum atomic E-state index is -0.920. The fraction of sp³-hybridized carbons (Fsp3) is 0.357. The van der Waals surface area contributed by atoms with Gasteiger partial charge in [-0.3, -0.25) is 14.9 Å². The van der Waals surface area contributed by atoms with Crippen LogP contribution in [-0.2, 0) is 4.79 Å². The van der Waals surface area contributed by atoms with Crippen LogP contribution >= 0.6 is 0 Å². The van der Waals surface area contributed by atoms with Gasteiger partial charge in [-0.2, -0.15) is 0 Å². The lowest BCUT2D eigenvalue weighted by Crippen LogP contribution is -2.39. The molecule has 1 aromatic rings. The van der Waals surface area contributed by atoms with Crippen molar-refractivity contribution < 1.29 is 14.8 Å². The summed E-state index contributed by atoms with van der Waals surface area (Å²) in [4.78, 5) is 21.5. The van der Waals surface area contributed by atoms with Crippen LogP contribution in [0.1, 0.15) is 25.8 Å². The van der Waals surface area contributed by atoms with Gasteiger partial charge >= 0.3 is 0 Å². The lowest BCUT2D eigenvalue weighted by molar-refractivity contribution is -0.384. The maximum absolute atomic E-state index is 11.5. The normalized spacial score (nSPS) is 13.9. The van der Waals surface area contributed by atoms with Gasteiger partial charge in [0, 0.05) is 24.8 Å². The molecule has 0 spiro atoms. The first-order valence-electron chi connectivity index (χ1n) is 6.27. The molecule has 1 amide bonds. The molecule has 1 unspecified atom stereocenters. The van der Waals surface area contributed by atoms with Crippen LogP contribution in [0.5, 0.6) is 0 Å². The number of non-ortho nitro benzene ring substituents is 1. The highest BCUT2D eigenvalue weighted by molar-refractivity contribution is 5.91. The number of amides is 1. The molecule has 0 saturated heterocycles. The molecule has 2 N–H and O–H groups in total. The number of aliphatic hydroxyl groups is 1. The quantitative estimate of drug-likeness (QED) is 0.472. The summed E-state index contributed by atoms with van der Waals surface area (Å²) in [6.45, 7) is 3.65. The maximum Gasteiger partial charge on any atom is 0.269 e. The van der Waals surface area contributed by atoms with Crippen molar-refractivity contribution in [2.75, 3.05) is 6.54 Å². The molecule has 0 aliphatic carbocycles. The summed E-state index contributed by atoms with van der Waals surface area (Å²) in [5.41, 5.74) is -0.227. The number of nitrogens with one attached hydrogen (secondary N) is 1. The molecule has 20 heavy (non-hydrogen) atoms. The third-order valence-electron chi connectivity index (χ3n) is 2.94. The minimum absolute atomic E-state index is 0.00518. The topological polar surface area (TPSA) is 92.5 Å². The van der Waals surface area contributed by atoms with E-state index in [1.54, 1.807) is 25.1 Å². The van der Waals surface area contributed by atoms with Gasteiger partial charge in [0.25, 0.3) is 5.69 Å². The molecular formula is C14H18N2O4. The molecule has 0 aliphatic rings. The first-order valence-corrected chi connectivity index (χ1v) is 6.27. The van der Waals surface area contributed by atoms with Crippen molar-refractivity contribution in [1.82, 2.24) is 5.32 Å². The van der Waals surface area contributed by atoms with Gasteiger partial charge in [0.15, 0.2) is 0 Å². The second-order valence-electron chi connectivity index (χ2n) is 4.75. The molecule has 0 fully saturated rings. The van der Waals surface area contributed by atoms with Crippen LogP contribution < -0.4 is 5.32 Å². The van der Waals surface area contributed by atoms with Gasteiger partial charge < -0.3 is 10.4 Å². The van der Waals surface area contributed by atoms with Gasteiger partial charge in [-0.25, -0.2) is 0 Å². The molecular weight excluding hydrogens is 260 g/mol. The van der Waals surface area contributed by atoms with Crippen LogP contribution in [0.25, 0.3) is 6.08 Å². The number of hydrogen-bond acceptors (Lipinski definition) is 4. The lowest BCUT2D eigenvalue weighted by atomic mass is 10.0. The van der Waals surface area contributed by atoms with Crippen LogP contribution in [0.2, 0.25) is 0 Å². The number of nitro groups is 1. The van der Waals surface area contributed by atoms with Gasteiger partial charge in [0.05, 0.1) is 10.5 Å². The monoisotopic (exact) mass is 278 g/mol. The van der Waals surface area contributed by atoms with E-state index < -0.39 is 10.5 Å². The summed E-state index contributed by atoms with van der Waals surface area (Å²) >= 11 is 0. The van der Waals surface area contributed by atoms with Gasteiger partial charge in [0.2, 0.25) is 5.91 Å². The highest BCUT2D eigenvalue weighted by Gasteiger charge is 2.17. The number of benzene rings is 1. The van der Waals surface area contributed by atoms with E-state index in [9.17, 15) is 20.0 Å². The van der Waals surface area contributed by atoms with Gasteiger partial charge in [-0.05, 0) is 37.1 Å². The van der Waals surface area contributed by atoms with Gasteiger partial charge in [0.1, 0.15) is 0 Å². The van der Waals surface area contributed by atoms with Crippen molar-refractivity contribution in [2.24, 2.45) is 0 Å². The summed E-state index contributed by atoms with van der Waals surface area (Å²) in [6, 6.07) is 5.87. The summed E-state index contributed by atoms with van der Waals surface area (Å²) < 4.78 is 0. The Kier molecular flexibility index (Phi) is 5.40. The van der Waals surface area contributed by atoms with Crippen molar-refractivity contribution >= 4 is 17.7 Å². The van der Waals surface area contributed by atoms with Crippen LogP contribution in [0.3, 0.4) is 0 Å². The molecule has 6 nitrogen and oxygen atoms in total. The van der Waals surface area contributed by atoms with E-state index >= 15 is 0 Å². The molecule has 1 rings (SSSR count). The number of hydrogen-bond donors (Lipinski definition) is 2. The van der Waals surface area contributed by atoms with E-state index in [4.69, 9.17) is 0 Å². The Balaban J connectivity index is 2.55. The number of carbonyl (C=O) groups is 1. The van der Waals surface area contributed by atoms with E-state index in [0.717, 1.165) is 0 Å². The fourth-order valence-electron chi connectivity index (χ4n) is 1.34. The van der Waals surface area contributed by atoms with Crippen LogP contribution in [0.15, 0.2) is 30.3 Å². The molecule has 108 valence electrons. The van der Waals surface area contributed by atoms with Crippen molar-refractivity contribution in [1.29, 1.82) is 0 Å². The first-order chi connectivity index (χ1) is 9.34. The lowest BCUT2D eigenvalue weighted by Gasteiger charge is -2.20. The minimum Gasteiger partial charge on any atom is -0.388 e. The average molecular weight is 278 g/mol. The van der Waals surface area contributed by atoms with E-state index in [2.05, 4.69) is 5.32 Å². The second kappa shape index (κ2) is 6.81. The van der Waals surface area contributed by atoms with E-state index in [-0.39, 0.29) is 18.1 Å². The third kappa shape index (κ3) is 5.19.